The molecule has 110 valence electrons. The maximum absolute atomic E-state index is 11.5. The van der Waals surface area contributed by atoms with Crippen LogP contribution in [0.15, 0.2) is 23.1 Å². The van der Waals surface area contributed by atoms with Crippen LogP contribution in [0.3, 0.4) is 0 Å². The molecule has 0 amide bonds. The fourth-order valence-electron chi connectivity index (χ4n) is 2.62. The van der Waals surface area contributed by atoms with Crippen LogP contribution in [-0.4, -0.2) is 19.4 Å². The Morgan fingerprint density at radius 1 is 1.40 bits per heavy atom. The maximum atomic E-state index is 11.5. The molecule has 2 rings (SSSR count). The first-order chi connectivity index (χ1) is 9.30. The molecule has 1 fully saturated rings. The number of primary sulfonamides is 1. The monoisotopic (exact) mass is 299 g/mol. The molecule has 0 radical (unpaired) electrons. The molecule has 2 atom stereocenters. The molecule has 1 aliphatic rings. The van der Waals surface area contributed by atoms with Crippen molar-refractivity contribution in [2.45, 2.75) is 37.1 Å². The summed E-state index contributed by atoms with van der Waals surface area (Å²) in [6.07, 6.45) is 3.03. The fourth-order valence-corrected chi connectivity index (χ4v) is 3.34. The van der Waals surface area contributed by atoms with Crippen LogP contribution in [0.5, 0.6) is 0 Å². The molecule has 2 unspecified atom stereocenters. The Kier molecular flexibility index (Phi) is 3.96. The molecule has 7 nitrogen and oxygen atoms in total. The Morgan fingerprint density at radius 3 is 2.60 bits per heavy atom. The standard InChI is InChI=1S/C12H17N3O4S/c1-8-4-2-5-9(8)14-10-6-3-7-11(20(13,18)19)12(10)15(16)17/h3,6-9,14H,2,4-5H2,1H3,(H2,13,18,19). The summed E-state index contributed by atoms with van der Waals surface area (Å²) in [5.41, 5.74) is -0.269. The quantitative estimate of drug-likeness (QED) is 0.650. The van der Waals surface area contributed by atoms with Gasteiger partial charge in [-0.1, -0.05) is 19.4 Å². The molecule has 0 aromatic heterocycles. The first kappa shape index (κ1) is 14.7. The summed E-state index contributed by atoms with van der Waals surface area (Å²) < 4.78 is 22.9. The second kappa shape index (κ2) is 5.37. The highest BCUT2D eigenvalue weighted by molar-refractivity contribution is 7.89. The van der Waals surface area contributed by atoms with E-state index >= 15 is 0 Å². The minimum atomic E-state index is -4.13. The van der Waals surface area contributed by atoms with Crippen LogP contribution in [0.4, 0.5) is 11.4 Å². The zero-order valence-electron chi connectivity index (χ0n) is 11.1. The Balaban J connectivity index is 2.45. The number of benzene rings is 1. The van der Waals surface area contributed by atoms with Gasteiger partial charge in [-0.15, -0.1) is 0 Å². The predicted molar refractivity (Wildman–Crippen MR) is 74.9 cm³/mol. The Bertz CT molecular complexity index is 630. The summed E-state index contributed by atoms with van der Waals surface area (Å²) in [5, 5.41) is 19.3. The van der Waals surface area contributed by atoms with Crippen LogP contribution in [-0.2, 0) is 10.0 Å². The number of nitrogens with one attached hydrogen (secondary N) is 1. The average molecular weight is 299 g/mol. The van der Waals surface area contributed by atoms with E-state index in [1.807, 2.05) is 0 Å². The lowest BCUT2D eigenvalue weighted by Crippen LogP contribution is -2.23. The van der Waals surface area contributed by atoms with Crippen molar-refractivity contribution in [1.29, 1.82) is 0 Å². The third-order valence-electron chi connectivity index (χ3n) is 3.69. The number of anilines is 1. The topological polar surface area (TPSA) is 115 Å². The van der Waals surface area contributed by atoms with E-state index in [2.05, 4.69) is 12.2 Å². The number of rotatable bonds is 4. The number of nitro benzene ring substituents is 1. The molecule has 0 spiro atoms. The van der Waals surface area contributed by atoms with E-state index in [1.165, 1.54) is 12.1 Å². The van der Waals surface area contributed by atoms with Gasteiger partial charge in [0.25, 0.3) is 0 Å². The minimum Gasteiger partial charge on any atom is -0.376 e. The molecule has 8 heteroatoms. The zero-order valence-corrected chi connectivity index (χ0v) is 11.9. The predicted octanol–water partition coefficient (Wildman–Crippen LogP) is 1.84. The van der Waals surface area contributed by atoms with Crippen molar-refractivity contribution in [3.05, 3.63) is 28.3 Å². The molecular formula is C12H17N3O4S. The third kappa shape index (κ3) is 2.91. The second-order valence-corrected chi connectivity index (χ2v) is 6.64. The summed E-state index contributed by atoms with van der Waals surface area (Å²) in [5.74, 6) is 0.396. The molecule has 0 bridgehead atoms. The number of hydrogen-bond acceptors (Lipinski definition) is 5. The number of nitro groups is 1. The summed E-state index contributed by atoms with van der Waals surface area (Å²) in [6, 6.07) is 4.23. The molecule has 20 heavy (non-hydrogen) atoms. The van der Waals surface area contributed by atoms with Crippen molar-refractivity contribution in [2.75, 3.05) is 5.32 Å². The van der Waals surface area contributed by atoms with Crippen LogP contribution in [0.2, 0.25) is 0 Å². The van der Waals surface area contributed by atoms with Gasteiger partial charge in [0.05, 0.1) is 4.92 Å². The molecular weight excluding hydrogens is 282 g/mol. The average Bonchev–Trinajstić information content (AvgIpc) is 2.73. The molecule has 0 aliphatic heterocycles. The van der Waals surface area contributed by atoms with Crippen molar-refractivity contribution >= 4 is 21.4 Å². The fraction of sp³-hybridized carbons (Fsp3) is 0.500. The molecule has 0 saturated heterocycles. The van der Waals surface area contributed by atoms with Gasteiger partial charge in [0.15, 0.2) is 4.90 Å². The first-order valence-electron chi connectivity index (χ1n) is 6.37. The highest BCUT2D eigenvalue weighted by Crippen LogP contribution is 2.35. The van der Waals surface area contributed by atoms with Crippen LogP contribution < -0.4 is 10.5 Å². The molecule has 1 aliphatic carbocycles. The summed E-state index contributed by atoms with van der Waals surface area (Å²) in [6.45, 7) is 2.07. The van der Waals surface area contributed by atoms with E-state index in [0.29, 0.717) is 5.92 Å². The van der Waals surface area contributed by atoms with E-state index in [0.717, 1.165) is 25.3 Å². The lowest BCUT2D eigenvalue weighted by Gasteiger charge is -2.19. The van der Waals surface area contributed by atoms with Crippen molar-refractivity contribution in [3.8, 4) is 0 Å². The SMILES string of the molecule is CC1CCCC1Nc1cccc(S(N)(=O)=O)c1[N+](=O)[O-]. The summed E-state index contributed by atoms with van der Waals surface area (Å²) in [4.78, 5) is 10.0. The minimum absolute atomic E-state index is 0.115. The lowest BCUT2D eigenvalue weighted by molar-refractivity contribution is -0.386. The Labute approximate surface area is 117 Å². The number of hydrogen-bond donors (Lipinski definition) is 2. The number of nitrogens with zero attached hydrogens (tertiary/aromatic N) is 1. The first-order valence-corrected chi connectivity index (χ1v) is 7.92. The number of nitrogens with two attached hydrogens (primary N) is 1. The van der Waals surface area contributed by atoms with Crippen LogP contribution in [0, 0.1) is 16.0 Å². The normalized spacial score (nSPS) is 22.7. The van der Waals surface area contributed by atoms with Crippen LogP contribution in [0.1, 0.15) is 26.2 Å². The van der Waals surface area contributed by atoms with Gasteiger partial charge in [0, 0.05) is 6.04 Å². The lowest BCUT2D eigenvalue weighted by atomic mass is 10.1. The van der Waals surface area contributed by atoms with Crippen molar-refractivity contribution < 1.29 is 13.3 Å². The maximum Gasteiger partial charge on any atom is 0.312 e. The van der Waals surface area contributed by atoms with Crippen molar-refractivity contribution in [3.63, 3.8) is 0 Å². The van der Waals surface area contributed by atoms with Crippen molar-refractivity contribution in [1.82, 2.24) is 0 Å². The Hall–Kier alpha value is -1.67. The van der Waals surface area contributed by atoms with Gasteiger partial charge >= 0.3 is 5.69 Å². The van der Waals surface area contributed by atoms with E-state index in [-0.39, 0.29) is 11.7 Å². The molecule has 1 saturated carbocycles. The number of sulfonamides is 1. The van der Waals surface area contributed by atoms with E-state index in [1.54, 1.807) is 0 Å². The van der Waals surface area contributed by atoms with Crippen molar-refractivity contribution in [2.24, 2.45) is 11.1 Å². The largest absolute Gasteiger partial charge is 0.376 e. The molecule has 3 N–H and O–H groups in total. The molecule has 0 heterocycles. The van der Waals surface area contributed by atoms with Gasteiger partial charge in [0.2, 0.25) is 10.0 Å². The van der Waals surface area contributed by atoms with Gasteiger partial charge in [-0.05, 0) is 30.9 Å². The van der Waals surface area contributed by atoms with Crippen LogP contribution >= 0.6 is 0 Å². The summed E-state index contributed by atoms with van der Waals surface area (Å²) in [7, 11) is -4.13. The van der Waals surface area contributed by atoms with Gasteiger partial charge in [-0.2, -0.15) is 0 Å². The summed E-state index contributed by atoms with van der Waals surface area (Å²) >= 11 is 0. The highest BCUT2D eigenvalue weighted by atomic mass is 32.2. The molecule has 1 aromatic rings. The third-order valence-corrected chi connectivity index (χ3v) is 4.63. The highest BCUT2D eigenvalue weighted by Gasteiger charge is 2.30. The van der Waals surface area contributed by atoms with Gasteiger partial charge in [-0.25, -0.2) is 13.6 Å². The zero-order chi connectivity index (χ0) is 14.9. The van der Waals surface area contributed by atoms with Crippen LogP contribution in [0.25, 0.3) is 0 Å². The number of para-hydroxylation sites is 1. The van der Waals surface area contributed by atoms with Gasteiger partial charge in [-0.3, -0.25) is 10.1 Å². The van der Waals surface area contributed by atoms with Gasteiger partial charge < -0.3 is 5.32 Å². The Morgan fingerprint density at radius 2 is 2.10 bits per heavy atom. The van der Waals surface area contributed by atoms with E-state index in [4.69, 9.17) is 5.14 Å². The van der Waals surface area contributed by atoms with E-state index < -0.39 is 25.5 Å². The van der Waals surface area contributed by atoms with Gasteiger partial charge in [0.1, 0.15) is 5.69 Å². The van der Waals surface area contributed by atoms with E-state index in [9.17, 15) is 18.5 Å². The molecule has 1 aromatic carbocycles. The smallest absolute Gasteiger partial charge is 0.312 e. The second-order valence-electron chi connectivity index (χ2n) is 5.11.